The van der Waals surface area contributed by atoms with Crippen molar-refractivity contribution >= 4 is 5.91 Å². The molecule has 1 saturated heterocycles. The molecule has 2 aliphatic rings. The molecule has 1 unspecified atom stereocenters. The van der Waals surface area contributed by atoms with Gasteiger partial charge in [0.2, 0.25) is 6.10 Å². The first kappa shape index (κ1) is 17.8. The van der Waals surface area contributed by atoms with Gasteiger partial charge in [0.15, 0.2) is 11.5 Å². The van der Waals surface area contributed by atoms with Gasteiger partial charge in [-0.25, -0.2) is 0 Å². The summed E-state index contributed by atoms with van der Waals surface area (Å²) in [4.78, 5) is 14.8. The summed E-state index contributed by atoms with van der Waals surface area (Å²) >= 11 is 0. The number of ether oxygens (including phenoxy) is 3. The Kier molecular flexibility index (Phi) is 5.55. The van der Waals surface area contributed by atoms with Crippen molar-refractivity contribution in [3.8, 4) is 11.5 Å². The Labute approximate surface area is 159 Å². The van der Waals surface area contributed by atoms with Crippen molar-refractivity contribution in [3.63, 3.8) is 0 Å². The second-order valence-corrected chi connectivity index (χ2v) is 6.79. The number of hydrogen-bond acceptors (Lipinski definition) is 5. The van der Waals surface area contributed by atoms with Crippen LogP contribution in [0.3, 0.4) is 0 Å². The normalized spacial score (nSPS) is 19.5. The van der Waals surface area contributed by atoms with E-state index in [1.807, 2.05) is 24.3 Å². The maximum atomic E-state index is 12.4. The zero-order valence-corrected chi connectivity index (χ0v) is 15.2. The summed E-state index contributed by atoms with van der Waals surface area (Å²) in [5, 5.41) is 2.93. The van der Waals surface area contributed by atoms with Gasteiger partial charge in [0.25, 0.3) is 5.91 Å². The number of para-hydroxylation sites is 2. The van der Waals surface area contributed by atoms with Gasteiger partial charge in [-0.15, -0.1) is 0 Å². The first-order valence-electron chi connectivity index (χ1n) is 9.32. The van der Waals surface area contributed by atoms with Crippen molar-refractivity contribution < 1.29 is 19.0 Å². The van der Waals surface area contributed by atoms with Crippen molar-refractivity contribution in [2.24, 2.45) is 0 Å². The number of amides is 1. The first-order chi connectivity index (χ1) is 13.3. The lowest BCUT2D eigenvalue weighted by Crippen LogP contribution is -2.43. The van der Waals surface area contributed by atoms with Crippen LogP contribution in [0.2, 0.25) is 0 Å². The number of carbonyl (C=O) groups is 1. The van der Waals surface area contributed by atoms with Gasteiger partial charge < -0.3 is 19.5 Å². The van der Waals surface area contributed by atoms with E-state index in [1.54, 1.807) is 0 Å². The highest BCUT2D eigenvalue weighted by atomic mass is 16.6. The van der Waals surface area contributed by atoms with Gasteiger partial charge in [-0.2, -0.15) is 0 Å². The third kappa shape index (κ3) is 4.59. The molecule has 2 aliphatic heterocycles. The molecule has 142 valence electrons. The summed E-state index contributed by atoms with van der Waals surface area (Å²) in [6.07, 6.45) is -0.625. The summed E-state index contributed by atoms with van der Waals surface area (Å²) < 4.78 is 16.7. The fourth-order valence-electron chi connectivity index (χ4n) is 3.23. The summed E-state index contributed by atoms with van der Waals surface area (Å²) in [5.41, 5.74) is 2.33. The number of morpholine rings is 1. The number of nitrogens with zero attached hydrogens (tertiary/aromatic N) is 1. The van der Waals surface area contributed by atoms with E-state index in [1.165, 1.54) is 5.56 Å². The number of hydrogen-bond donors (Lipinski definition) is 1. The number of nitrogens with one attached hydrogen (secondary N) is 1. The Morgan fingerprint density at radius 1 is 1.00 bits per heavy atom. The summed E-state index contributed by atoms with van der Waals surface area (Å²) in [5.74, 6) is 1.12. The van der Waals surface area contributed by atoms with E-state index < -0.39 is 6.10 Å². The van der Waals surface area contributed by atoms with Crippen LogP contribution in [-0.2, 0) is 22.6 Å². The summed E-state index contributed by atoms with van der Waals surface area (Å²) in [6, 6.07) is 15.7. The standard InChI is InChI=1S/C21H24N2O4/c24-21(20-15-26-18-3-1-2-4-19(18)27-20)22-13-16-5-7-17(8-6-16)14-23-9-11-25-12-10-23/h1-8,20H,9-15H2,(H,22,24). The van der Waals surface area contributed by atoms with E-state index in [9.17, 15) is 4.79 Å². The minimum absolute atomic E-state index is 0.165. The maximum Gasteiger partial charge on any atom is 0.264 e. The molecule has 0 aromatic heterocycles. The van der Waals surface area contributed by atoms with Crippen LogP contribution in [0.25, 0.3) is 0 Å². The van der Waals surface area contributed by atoms with Gasteiger partial charge in [0.1, 0.15) is 6.61 Å². The average Bonchev–Trinajstić information content (AvgIpc) is 2.73. The third-order valence-electron chi connectivity index (χ3n) is 4.80. The Bertz CT molecular complexity index is 772. The lowest BCUT2D eigenvalue weighted by Gasteiger charge is -2.26. The zero-order chi connectivity index (χ0) is 18.5. The third-order valence-corrected chi connectivity index (χ3v) is 4.80. The second-order valence-electron chi connectivity index (χ2n) is 6.79. The molecule has 1 fully saturated rings. The van der Waals surface area contributed by atoms with Crippen LogP contribution in [0.15, 0.2) is 48.5 Å². The molecule has 0 saturated carbocycles. The van der Waals surface area contributed by atoms with E-state index in [4.69, 9.17) is 14.2 Å². The molecule has 0 spiro atoms. The summed E-state index contributed by atoms with van der Waals surface area (Å²) in [7, 11) is 0. The van der Waals surface area contributed by atoms with Gasteiger partial charge in [-0.05, 0) is 23.3 Å². The van der Waals surface area contributed by atoms with Crippen LogP contribution >= 0.6 is 0 Å². The topological polar surface area (TPSA) is 60.0 Å². The molecule has 27 heavy (non-hydrogen) atoms. The molecule has 2 aromatic carbocycles. The van der Waals surface area contributed by atoms with Crippen LogP contribution < -0.4 is 14.8 Å². The molecule has 4 rings (SSSR count). The number of fused-ring (bicyclic) bond motifs is 1. The van der Waals surface area contributed by atoms with Crippen molar-refractivity contribution in [1.82, 2.24) is 10.2 Å². The fraction of sp³-hybridized carbons (Fsp3) is 0.381. The highest BCUT2D eigenvalue weighted by Crippen LogP contribution is 2.30. The van der Waals surface area contributed by atoms with E-state index >= 15 is 0 Å². The molecule has 0 bridgehead atoms. The quantitative estimate of drug-likeness (QED) is 0.875. The predicted molar refractivity (Wildman–Crippen MR) is 101 cm³/mol. The largest absolute Gasteiger partial charge is 0.485 e. The Balaban J connectivity index is 1.26. The van der Waals surface area contributed by atoms with Gasteiger partial charge >= 0.3 is 0 Å². The lowest BCUT2D eigenvalue weighted by molar-refractivity contribution is -0.130. The molecule has 1 amide bonds. The Morgan fingerprint density at radius 3 is 2.48 bits per heavy atom. The van der Waals surface area contributed by atoms with Gasteiger partial charge in [-0.3, -0.25) is 9.69 Å². The number of rotatable bonds is 5. The van der Waals surface area contributed by atoms with Crippen molar-refractivity contribution in [2.75, 3.05) is 32.9 Å². The van der Waals surface area contributed by atoms with E-state index in [-0.39, 0.29) is 12.5 Å². The molecule has 1 atom stereocenters. The minimum Gasteiger partial charge on any atom is -0.485 e. The minimum atomic E-state index is -0.625. The van der Waals surface area contributed by atoms with Crippen molar-refractivity contribution in [1.29, 1.82) is 0 Å². The Hall–Kier alpha value is -2.57. The second kappa shape index (κ2) is 8.41. The molecular formula is C21H24N2O4. The zero-order valence-electron chi connectivity index (χ0n) is 15.2. The fourth-order valence-corrected chi connectivity index (χ4v) is 3.23. The van der Waals surface area contributed by atoms with Crippen LogP contribution in [0.5, 0.6) is 11.5 Å². The smallest absolute Gasteiger partial charge is 0.264 e. The maximum absolute atomic E-state index is 12.4. The van der Waals surface area contributed by atoms with Crippen molar-refractivity contribution in [3.05, 3.63) is 59.7 Å². The van der Waals surface area contributed by atoms with Gasteiger partial charge in [0, 0.05) is 26.2 Å². The SMILES string of the molecule is O=C(NCc1ccc(CN2CCOCC2)cc1)C1COc2ccccc2O1. The van der Waals surface area contributed by atoms with E-state index in [2.05, 4.69) is 34.5 Å². The summed E-state index contributed by atoms with van der Waals surface area (Å²) in [6.45, 7) is 5.19. The van der Waals surface area contributed by atoms with Gasteiger partial charge in [-0.1, -0.05) is 36.4 Å². The molecule has 2 aromatic rings. The Morgan fingerprint density at radius 2 is 1.70 bits per heavy atom. The molecule has 6 nitrogen and oxygen atoms in total. The molecular weight excluding hydrogens is 344 g/mol. The van der Waals surface area contributed by atoms with Crippen LogP contribution in [-0.4, -0.2) is 49.8 Å². The van der Waals surface area contributed by atoms with Crippen molar-refractivity contribution in [2.45, 2.75) is 19.2 Å². The first-order valence-corrected chi connectivity index (χ1v) is 9.32. The molecule has 0 radical (unpaired) electrons. The van der Waals surface area contributed by atoms with Crippen LogP contribution in [0.4, 0.5) is 0 Å². The van der Waals surface area contributed by atoms with E-state index in [0.717, 1.165) is 38.4 Å². The number of benzene rings is 2. The average molecular weight is 368 g/mol. The predicted octanol–water partition coefficient (Wildman–Crippen LogP) is 1.97. The monoisotopic (exact) mass is 368 g/mol. The van der Waals surface area contributed by atoms with Gasteiger partial charge in [0.05, 0.1) is 13.2 Å². The van der Waals surface area contributed by atoms with E-state index in [0.29, 0.717) is 18.0 Å². The molecule has 6 heteroatoms. The number of carbonyl (C=O) groups excluding carboxylic acids is 1. The highest BCUT2D eigenvalue weighted by molar-refractivity contribution is 5.81. The molecule has 2 heterocycles. The molecule has 0 aliphatic carbocycles. The molecule has 1 N–H and O–H groups in total. The van der Waals surface area contributed by atoms with Crippen LogP contribution in [0, 0.1) is 0 Å². The van der Waals surface area contributed by atoms with Crippen LogP contribution in [0.1, 0.15) is 11.1 Å². The highest BCUT2D eigenvalue weighted by Gasteiger charge is 2.26. The lowest BCUT2D eigenvalue weighted by atomic mass is 10.1.